The molecule has 0 aromatic heterocycles. The summed E-state index contributed by atoms with van der Waals surface area (Å²) in [6.07, 6.45) is 3.76. The Balaban J connectivity index is 1.83. The van der Waals surface area contributed by atoms with Crippen molar-refractivity contribution in [2.75, 3.05) is 0 Å². The van der Waals surface area contributed by atoms with Crippen LogP contribution >= 0.6 is 15.9 Å². The third-order valence-corrected chi connectivity index (χ3v) is 9.03. The highest BCUT2D eigenvalue weighted by Crippen LogP contribution is 2.63. The summed E-state index contributed by atoms with van der Waals surface area (Å²) in [6, 6.07) is 0. The summed E-state index contributed by atoms with van der Waals surface area (Å²) in [5, 5.41) is 32.3. The van der Waals surface area contributed by atoms with Gasteiger partial charge in [0.2, 0.25) is 0 Å². The maximum absolute atomic E-state index is 11.1. The van der Waals surface area contributed by atoms with E-state index in [9.17, 15) is 15.3 Å². The number of aliphatic hydroxyl groups excluding tert-OH is 1. The molecule has 3 N–H and O–H groups in total. The molecule has 3 aliphatic carbocycles. The first-order valence-corrected chi connectivity index (χ1v) is 10.3. The summed E-state index contributed by atoms with van der Waals surface area (Å²) in [5.74, 6) is 0.626. The van der Waals surface area contributed by atoms with Crippen LogP contribution in [0.1, 0.15) is 59.8 Å². The van der Waals surface area contributed by atoms with Gasteiger partial charge >= 0.3 is 0 Å². The summed E-state index contributed by atoms with van der Waals surface area (Å²) in [5.41, 5.74) is -0.368. The maximum Gasteiger partial charge on any atom is 0.0744 e. The van der Waals surface area contributed by atoms with E-state index in [4.69, 9.17) is 0 Å². The minimum Gasteiger partial charge on any atom is -0.392 e. The van der Waals surface area contributed by atoms with Gasteiger partial charge < -0.3 is 15.3 Å². The number of hydrogen-bond acceptors (Lipinski definition) is 3. The zero-order valence-electron chi connectivity index (χ0n) is 15.4. The zero-order valence-corrected chi connectivity index (χ0v) is 17.0. The fourth-order valence-corrected chi connectivity index (χ4v) is 6.76. The van der Waals surface area contributed by atoms with Crippen molar-refractivity contribution in [2.24, 2.45) is 29.1 Å². The number of aliphatic hydroxyl groups is 3. The summed E-state index contributed by atoms with van der Waals surface area (Å²) in [4.78, 5) is 0.0600. The van der Waals surface area contributed by atoms with Crippen LogP contribution in [0.5, 0.6) is 0 Å². The van der Waals surface area contributed by atoms with Gasteiger partial charge in [0.05, 0.1) is 17.3 Å². The van der Waals surface area contributed by atoms with Crippen LogP contribution in [0.2, 0.25) is 0 Å². The Bertz CT molecular complexity index is 525. The van der Waals surface area contributed by atoms with Crippen molar-refractivity contribution < 1.29 is 15.3 Å². The van der Waals surface area contributed by atoms with Gasteiger partial charge in [-0.25, -0.2) is 0 Å². The van der Waals surface area contributed by atoms with Gasteiger partial charge in [0.15, 0.2) is 0 Å². The maximum atomic E-state index is 11.1. The molecule has 3 nitrogen and oxygen atoms in total. The molecule has 0 unspecified atom stereocenters. The zero-order chi connectivity index (χ0) is 18.1. The second-order valence-corrected chi connectivity index (χ2v) is 10.8. The van der Waals surface area contributed by atoms with Gasteiger partial charge in [0, 0.05) is 16.7 Å². The molecule has 8 atom stereocenters. The van der Waals surface area contributed by atoms with Crippen molar-refractivity contribution in [3.63, 3.8) is 0 Å². The summed E-state index contributed by atoms with van der Waals surface area (Å²) in [7, 11) is 0. The molecule has 24 heavy (non-hydrogen) atoms. The first-order chi connectivity index (χ1) is 10.9. The average Bonchev–Trinajstić information content (AvgIpc) is 2.87. The fourth-order valence-electron chi connectivity index (χ4n) is 6.08. The number of alkyl halides is 1. The fraction of sp³-hybridized carbons (Fsp3) is 0.900. The summed E-state index contributed by atoms with van der Waals surface area (Å²) < 4.78 is 0. The molecule has 3 rings (SSSR count). The van der Waals surface area contributed by atoms with Gasteiger partial charge in [-0.3, -0.25) is 0 Å². The number of halogens is 1. The van der Waals surface area contributed by atoms with Crippen LogP contribution in [-0.4, -0.2) is 37.5 Å². The predicted molar refractivity (Wildman–Crippen MR) is 99.9 cm³/mol. The third kappa shape index (κ3) is 2.72. The first kappa shape index (κ1) is 18.9. The van der Waals surface area contributed by atoms with Crippen molar-refractivity contribution in [3.8, 4) is 0 Å². The van der Waals surface area contributed by atoms with Gasteiger partial charge in [-0.2, -0.15) is 0 Å². The molecule has 0 aromatic carbocycles. The highest BCUT2D eigenvalue weighted by molar-refractivity contribution is 9.09. The van der Waals surface area contributed by atoms with Crippen LogP contribution < -0.4 is 0 Å². The van der Waals surface area contributed by atoms with Crippen LogP contribution in [-0.2, 0) is 0 Å². The number of fused-ring (bicyclic) bond motifs is 1. The molecule has 3 fully saturated rings. The smallest absolute Gasteiger partial charge is 0.0744 e. The average molecular weight is 401 g/mol. The van der Waals surface area contributed by atoms with E-state index < -0.39 is 17.3 Å². The summed E-state index contributed by atoms with van der Waals surface area (Å²) >= 11 is 3.64. The molecule has 3 aliphatic rings. The van der Waals surface area contributed by atoms with E-state index in [-0.39, 0.29) is 22.1 Å². The van der Waals surface area contributed by atoms with Crippen LogP contribution in [0.15, 0.2) is 12.2 Å². The third-order valence-electron chi connectivity index (χ3n) is 7.67. The molecule has 0 radical (unpaired) electrons. The topological polar surface area (TPSA) is 60.7 Å². The van der Waals surface area contributed by atoms with E-state index in [1.165, 1.54) is 0 Å². The molecular weight excluding hydrogens is 368 g/mol. The van der Waals surface area contributed by atoms with Crippen LogP contribution in [0.4, 0.5) is 0 Å². The standard InChI is InChI=1S/C20H33BrO3/c1-11(12-6-8-19(4,23)14(21)10-12)15-17(22)16-13(18(15,2)3)7-9-20(16,5)24/h12-17,22-24H,1,6-10H2,2-5H3/t12-,13-,14-,15+,16+,17+,19+,20-/m1/s1. The SMILES string of the molecule is C=C([C@@H]1CC[C@](C)(O)[C@H](Br)C1)[C@H]1[C@H](O)[C@@H]2[C@@H](CC[C@@]2(C)O)C1(C)C. The molecular formula is C20H33BrO3. The minimum atomic E-state index is -0.773. The van der Waals surface area contributed by atoms with E-state index in [0.29, 0.717) is 11.8 Å². The lowest BCUT2D eigenvalue weighted by Crippen LogP contribution is -2.43. The Morgan fingerprint density at radius 1 is 1.04 bits per heavy atom. The lowest BCUT2D eigenvalue weighted by molar-refractivity contribution is -0.0423. The van der Waals surface area contributed by atoms with Crippen LogP contribution in [0.3, 0.4) is 0 Å². The van der Waals surface area contributed by atoms with E-state index in [2.05, 4.69) is 36.4 Å². The molecule has 0 bridgehead atoms. The minimum absolute atomic E-state index is 0.0204. The van der Waals surface area contributed by atoms with Gasteiger partial charge in [0.25, 0.3) is 0 Å². The van der Waals surface area contributed by atoms with Crippen LogP contribution in [0.25, 0.3) is 0 Å². The monoisotopic (exact) mass is 400 g/mol. The lowest BCUT2D eigenvalue weighted by atomic mass is 9.66. The largest absolute Gasteiger partial charge is 0.392 e. The molecule has 0 aliphatic heterocycles. The van der Waals surface area contributed by atoms with E-state index in [1.54, 1.807) is 0 Å². The predicted octanol–water partition coefficient (Wildman–Crippen LogP) is 3.65. The number of hydrogen-bond donors (Lipinski definition) is 3. The van der Waals surface area contributed by atoms with Gasteiger partial charge in [-0.05, 0) is 63.2 Å². The Morgan fingerprint density at radius 3 is 2.17 bits per heavy atom. The molecule has 0 saturated heterocycles. The van der Waals surface area contributed by atoms with E-state index >= 15 is 0 Å². The summed E-state index contributed by atoms with van der Waals surface area (Å²) in [6.45, 7) is 12.7. The molecule has 0 spiro atoms. The normalized spacial score (nSPS) is 53.8. The van der Waals surface area contributed by atoms with Crippen molar-refractivity contribution in [1.29, 1.82) is 0 Å². The van der Waals surface area contributed by atoms with Gasteiger partial charge in [-0.15, -0.1) is 0 Å². The van der Waals surface area contributed by atoms with Crippen molar-refractivity contribution in [1.82, 2.24) is 0 Å². The highest BCUT2D eigenvalue weighted by Gasteiger charge is 2.63. The van der Waals surface area contributed by atoms with Crippen molar-refractivity contribution >= 4 is 15.9 Å². The molecule has 138 valence electrons. The van der Waals surface area contributed by atoms with Gasteiger partial charge in [0.1, 0.15) is 0 Å². The second-order valence-electron chi connectivity index (χ2n) is 9.69. The Hall–Kier alpha value is 0.100. The lowest BCUT2D eigenvalue weighted by Gasteiger charge is -2.43. The molecule has 4 heteroatoms. The van der Waals surface area contributed by atoms with E-state index in [0.717, 1.165) is 37.7 Å². The number of rotatable bonds is 2. The molecule has 0 amide bonds. The highest BCUT2D eigenvalue weighted by atomic mass is 79.9. The molecule has 3 saturated carbocycles. The second kappa shape index (κ2) is 5.80. The molecule has 0 aromatic rings. The van der Waals surface area contributed by atoms with Crippen molar-refractivity contribution in [3.05, 3.63) is 12.2 Å². The molecule has 0 heterocycles. The first-order valence-electron chi connectivity index (χ1n) is 9.35. The van der Waals surface area contributed by atoms with Gasteiger partial charge in [-0.1, -0.05) is 41.9 Å². The van der Waals surface area contributed by atoms with Crippen LogP contribution in [0, 0.1) is 29.1 Å². The Morgan fingerprint density at radius 2 is 1.62 bits per heavy atom. The van der Waals surface area contributed by atoms with Crippen molar-refractivity contribution in [2.45, 2.75) is 81.9 Å². The Kier molecular flexibility index (Phi) is 4.56. The quantitative estimate of drug-likeness (QED) is 0.489. The van der Waals surface area contributed by atoms with E-state index in [1.807, 2.05) is 13.8 Å². The Labute approximate surface area is 154 Å².